The van der Waals surface area contributed by atoms with Crippen LogP contribution in [0.25, 0.3) is 0 Å². The van der Waals surface area contributed by atoms with Crippen molar-refractivity contribution in [2.75, 3.05) is 0 Å². The molecular formula is C22H19ClFN3. The predicted molar refractivity (Wildman–Crippen MR) is 107 cm³/mol. The summed E-state index contributed by atoms with van der Waals surface area (Å²) in [5.74, 6) is 0.254. The summed E-state index contributed by atoms with van der Waals surface area (Å²) < 4.78 is 13.6. The van der Waals surface area contributed by atoms with Crippen molar-refractivity contribution in [1.82, 2.24) is 10.6 Å². The highest BCUT2D eigenvalue weighted by Crippen LogP contribution is 2.32. The number of nitrogens with zero attached hydrogens (tertiary/aromatic N) is 1. The van der Waals surface area contributed by atoms with E-state index < -0.39 is 5.82 Å². The van der Waals surface area contributed by atoms with E-state index in [0.29, 0.717) is 18.1 Å². The molecule has 27 heavy (non-hydrogen) atoms. The normalized spacial score (nSPS) is 20.3. The number of hydrogen-bond donors (Lipinski definition) is 2. The van der Waals surface area contributed by atoms with Crippen LogP contribution < -0.4 is 10.6 Å². The van der Waals surface area contributed by atoms with Crippen molar-refractivity contribution in [3.05, 3.63) is 106 Å². The van der Waals surface area contributed by atoms with Crippen molar-refractivity contribution in [3.63, 3.8) is 0 Å². The summed E-state index contributed by atoms with van der Waals surface area (Å²) in [4.78, 5) is 4.59. The Kier molecular flexibility index (Phi) is 5.07. The van der Waals surface area contributed by atoms with Gasteiger partial charge in [0.1, 0.15) is 5.82 Å². The lowest BCUT2D eigenvalue weighted by Crippen LogP contribution is -2.25. The SMILES string of the molecule is Fc1cccc(CN=C2N[C@H](c3ccccc3)[C@H](c3ccccc3)N2)c1Cl. The Labute approximate surface area is 162 Å². The molecule has 5 heteroatoms. The second-order valence-electron chi connectivity index (χ2n) is 6.44. The minimum atomic E-state index is -0.425. The zero-order chi connectivity index (χ0) is 18.6. The molecule has 2 atom stereocenters. The van der Waals surface area contributed by atoms with Crippen molar-refractivity contribution in [2.24, 2.45) is 4.99 Å². The molecule has 0 saturated carbocycles. The van der Waals surface area contributed by atoms with Gasteiger partial charge in [-0.2, -0.15) is 0 Å². The third-order valence-electron chi connectivity index (χ3n) is 4.67. The van der Waals surface area contributed by atoms with Crippen LogP contribution in [0.3, 0.4) is 0 Å². The summed E-state index contributed by atoms with van der Waals surface area (Å²) >= 11 is 6.04. The lowest BCUT2D eigenvalue weighted by molar-refractivity contribution is 0.554. The highest BCUT2D eigenvalue weighted by molar-refractivity contribution is 6.31. The fourth-order valence-electron chi connectivity index (χ4n) is 3.30. The maximum atomic E-state index is 13.6. The number of rotatable bonds is 4. The van der Waals surface area contributed by atoms with Crippen molar-refractivity contribution in [2.45, 2.75) is 18.6 Å². The number of hydrogen-bond acceptors (Lipinski definition) is 1. The minimum absolute atomic E-state index is 0.0512. The molecule has 136 valence electrons. The van der Waals surface area contributed by atoms with Crippen molar-refractivity contribution in [3.8, 4) is 0 Å². The number of benzene rings is 3. The molecule has 1 heterocycles. The van der Waals surface area contributed by atoms with E-state index in [1.165, 1.54) is 17.2 Å². The first-order chi connectivity index (χ1) is 13.2. The van der Waals surface area contributed by atoms with E-state index in [9.17, 15) is 4.39 Å². The molecule has 0 radical (unpaired) electrons. The molecule has 1 aliphatic heterocycles. The van der Waals surface area contributed by atoms with Crippen LogP contribution in [0, 0.1) is 5.82 Å². The largest absolute Gasteiger partial charge is 0.347 e. The molecule has 0 aliphatic carbocycles. The van der Waals surface area contributed by atoms with Gasteiger partial charge in [0.15, 0.2) is 5.96 Å². The number of guanidine groups is 1. The number of nitrogens with one attached hydrogen (secondary N) is 2. The van der Waals surface area contributed by atoms with Gasteiger partial charge in [0.05, 0.1) is 23.7 Å². The van der Waals surface area contributed by atoms with E-state index in [1.54, 1.807) is 12.1 Å². The molecule has 0 spiro atoms. The molecular weight excluding hydrogens is 361 g/mol. The van der Waals surface area contributed by atoms with E-state index in [4.69, 9.17) is 11.6 Å². The van der Waals surface area contributed by atoms with Crippen LogP contribution in [0.2, 0.25) is 5.02 Å². The molecule has 4 rings (SSSR count). The number of halogens is 2. The summed E-state index contributed by atoms with van der Waals surface area (Å²) in [6.45, 7) is 0.301. The molecule has 0 amide bonds. The first-order valence-electron chi connectivity index (χ1n) is 8.82. The van der Waals surface area contributed by atoms with Crippen LogP contribution in [0.4, 0.5) is 4.39 Å². The van der Waals surface area contributed by atoms with Gasteiger partial charge in [0.25, 0.3) is 0 Å². The van der Waals surface area contributed by atoms with Crippen LogP contribution in [-0.4, -0.2) is 5.96 Å². The lowest BCUT2D eigenvalue weighted by atomic mass is 9.95. The van der Waals surface area contributed by atoms with Gasteiger partial charge in [-0.15, -0.1) is 0 Å². The second-order valence-corrected chi connectivity index (χ2v) is 6.82. The van der Waals surface area contributed by atoms with Crippen LogP contribution in [0.5, 0.6) is 0 Å². The van der Waals surface area contributed by atoms with Crippen LogP contribution in [-0.2, 0) is 6.54 Å². The highest BCUT2D eigenvalue weighted by atomic mass is 35.5. The maximum absolute atomic E-state index is 13.6. The van der Waals surface area contributed by atoms with Crippen molar-refractivity contribution >= 4 is 17.6 Å². The van der Waals surface area contributed by atoms with Gasteiger partial charge in [-0.3, -0.25) is 0 Å². The molecule has 0 bridgehead atoms. The molecule has 0 unspecified atom stereocenters. The van der Waals surface area contributed by atoms with Gasteiger partial charge in [-0.1, -0.05) is 84.4 Å². The van der Waals surface area contributed by atoms with E-state index in [-0.39, 0.29) is 17.1 Å². The summed E-state index contributed by atoms with van der Waals surface area (Å²) in [6, 6.07) is 25.4. The van der Waals surface area contributed by atoms with Gasteiger partial charge in [0, 0.05) is 0 Å². The Morgan fingerprint density at radius 3 is 1.89 bits per heavy atom. The van der Waals surface area contributed by atoms with Gasteiger partial charge in [-0.05, 0) is 22.8 Å². The molecule has 2 N–H and O–H groups in total. The Balaban J connectivity index is 1.61. The quantitative estimate of drug-likeness (QED) is 0.668. The smallest absolute Gasteiger partial charge is 0.192 e. The summed E-state index contributed by atoms with van der Waals surface area (Å²) in [5.41, 5.74) is 3.01. The van der Waals surface area contributed by atoms with Gasteiger partial charge in [-0.25, -0.2) is 9.38 Å². The number of aliphatic imine (C=N–C) groups is 1. The van der Waals surface area contributed by atoms with Crippen LogP contribution >= 0.6 is 11.6 Å². The lowest BCUT2D eigenvalue weighted by Gasteiger charge is -2.19. The fraction of sp³-hybridized carbons (Fsp3) is 0.136. The first kappa shape index (κ1) is 17.6. The molecule has 3 aromatic carbocycles. The summed E-state index contributed by atoms with van der Waals surface area (Å²) in [5, 5.41) is 7.05. The third-order valence-corrected chi connectivity index (χ3v) is 5.10. The Hall–Kier alpha value is -2.85. The van der Waals surface area contributed by atoms with Gasteiger partial charge in [0.2, 0.25) is 0 Å². The van der Waals surface area contributed by atoms with Crippen LogP contribution in [0.15, 0.2) is 83.9 Å². The fourth-order valence-corrected chi connectivity index (χ4v) is 3.49. The van der Waals surface area contributed by atoms with E-state index in [1.807, 2.05) is 36.4 Å². The van der Waals surface area contributed by atoms with Gasteiger partial charge >= 0.3 is 0 Å². The van der Waals surface area contributed by atoms with Gasteiger partial charge < -0.3 is 10.6 Å². The van der Waals surface area contributed by atoms with E-state index >= 15 is 0 Å². The predicted octanol–water partition coefficient (Wildman–Crippen LogP) is 5.01. The van der Waals surface area contributed by atoms with E-state index in [0.717, 1.165) is 0 Å². The minimum Gasteiger partial charge on any atom is -0.347 e. The Morgan fingerprint density at radius 2 is 1.33 bits per heavy atom. The molecule has 3 aromatic rings. The van der Waals surface area contributed by atoms with Crippen molar-refractivity contribution in [1.29, 1.82) is 0 Å². The zero-order valence-electron chi connectivity index (χ0n) is 14.6. The highest BCUT2D eigenvalue weighted by Gasteiger charge is 2.32. The third kappa shape index (κ3) is 3.81. The Bertz CT molecular complexity index is 895. The topological polar surface area (TPSA) is 36.4 Å². The van der Waals surface area contributed by atoms with Crippen molar-refractivity contribution < 1.29 is 4.39 Å². The summed E-state index contributed by atoms with van der Waals surface area (Å²) in [7, 11) is 0. The standard InChI is InChI=1S/C22H19ClFN3/c23-19-17(12-7-13-18(19)24)14-25-22-26-20(15-8-3-1-4-9-15)21(27-22)16-10-5-2-6-11-16/h1-13,20-21H,14H2,(H2,25,26,27)/t20-,21+. The molecule has 1 fully saturated rings. The first-order valence-corrected chi connectivity index (χ1v) is 9.20. The second kappa shape index (κ2) is 7.80. The molecule has 3 nitrogen and oxygen atoms in total. The van der Waals surface area contributed by atoms with Crippen LogP contribution in [0.1, 0.15) is 28.8 Å². The molecule has 1 aliphatic rings. The Morgan fingerprint density at radius 1 is 0.778 bits per heavy atom. The summed E-state index contributed by atoms with van der Waals surface area (Å²) in [6.07, 6.45) is 0. The average Bonchev–Trinajstić information content (AvgIpc) is 3.15. The molecule has 1 saturated heterocycles. The van der Waals surface area contributed by atoms with E-state index in [2.05, 4.69) is 39.9 Å². The average molecular weight is 380 g/mol. The molecule has 0 aromatic heterocycles. The maximum Gasteiger partial charge on any atom is 0.192 e. The monoisotopic (exact) mass is 379 g/mol. The zero-order valence-corrected chi connectivity index (χ0v) is 15.3.